The summed E-state index contributed by atoms with van der Waals surface area (Å²) in [4.78, 5) is 0. The summed E-state index contributed by atoms with van der Waals surface area (Å²) in [6, 6.07) is 0. The van der Waals surface area contributed by atoms with Crippen LogP contribution in [0.4, 0.5) is 0 Å². The Morgan fingerprint density at radius 3 is 2.62 bits per heavy atom. The third-order valence-electron chi connectivity index (χ3n) is 1.01. The Kier molecular flexibility index (Phi) is 4.90. The zero-order valence-electron chi connectivity index (χ0n) is 4.48. The first-order chi connectivity index (χ1) is 3.39. The van der Waals surface area contributed by atoms with Crippen molar-refractivity contribution in [1.82, 2.24) is 5.32 Å². The van der Waals surface area contributed by atoms with Crippen LogP contribution in [0.1, 0.15) is 6.42 Å². The van der Waals surface area contributed by atoms with Crippen LogP contribution in [-0.2, 0) is 0 Å². The first kappa shape index (κ1) is 8.66. The Balaban J connectivity index is 0.000000490. The third kappa shape index (κ3) is 2.84. The summed E-state index contributed by atoms with van der Waals surface area (Å²) in [7, 11) is 0. The molecule has 0 aromatic heterocycles. The molecule has 0 atom stereocenters. The second kappa shape index (κ2) is 4.53. The van der Waals surface area contributed by atoms with Gasteiger partial charge >= 0.3 is 0 Å². The molecule has 0 aliphatic carbocycles. The Labute approximate surface area is 68.4 Å². The molecule has 48 valence electrons. The Hall–Kier alpha value is 0.660. The largest absolute Gasteiger partial charge is 0.313 e. The van der Waals surface area contributed by atoms with E-state index in [-0.39, 0.29) is 17.0 Å². The summed E-state index contributed by atoms with van der Waals surface area (Å²) in [5.41, 5.74) is 0. The van der Waals surface area contributed by atoms with Crippen molar-refractivity contribution in [2.75, 3.05) is 13.1 Å². The topological polar surface area (TPSA) is 12.0 Å². The summed E-state index contributed by atoms with van der Waals surface area (Å²) in [6.45, 7) is 2.15. The molecule has 3 heteroatoms. The van der Waals surface area contributed by atoms with Crippen LogP contribution in [-0.4, -0.2) is 13.1 Å². The van der Waals surface area contributed by atoms with Crippen molar-refractivity contribution < 1.29 is 0 Å². The average molecular weight is 243 g/mol. The third-order valence-corrected chi connectivity index (χ3v) is 1.73. The van der Waals surface area contributed by atoms with Crippen molar-refractivity contribution >= 4 is 32.9 Å². The Morgan fingerprint density at radius 1 is 1.62 bits per heavy atom. The van der Waals surface area contributed by atoms with Crippen LogP contribution in [0.15, 0.2) is 10.6 Å². The van der Waals surface area contributed by atoms with Crippen LogP contribution >= 0.6 is 32.9 Å². The lowest BCUT2D eigenvalue weighted by Gasteiger charge is -2.06. The lowest BCUT2D eigenvalue weighted by molar-refractivity contribution is 0.724. The Bertz CT molecular complexity index is 90.4. The van der Waals surface area contributed by atoms with E-state index in [2.05, 4.69) is 27.3 Å². The predicted octanol–water partition coefficient (Wildman–Crippen LogP) is 1.84. The maximum absolute atomic E-state index is 3.41. The molecule has 0 unspecified atom stereocenters. The molecule has 1 nitrogen and oxygen atoms in total. The van der Waals surface area contributed by atoms with E-state index in [1.165, 1.54) is 4.48 Å². The summed E-state index contributed by atoms with van der Waals surface area (Å²) >= 11 is 3.41. The van der Waals surface area contributed by atoms with Gasteiger partial charge in [-0.25, -0.2) is 0 Å². The fourth-order valence-corrected chi connectivity index (χ4v) is 0.955. The van der Waals surface area contributed by atoms with E-state index in [0.29, 0.717) is 0 Å². The highest BCUT2D eigenvalue weighted by molar-refractivity contribution is 9.11. The van der Waals surface area contributed by atoms with Gasteiger partial charge < -0.3 is 5.32 Å². The molecule has 8 heavy (non-hydrogen) atoms. The van der Waals surface area contributed by atoms with Gasteiger partial charge in [0.25, 0.3) is 0 Å². The van der Waals surface area contributed by atoms with Crippen molar-refractivity contribution in [3.63, 3.8) is 0 Å². The minimum Gasteiger partial charge on any atom is -0.313 e. The van der Waals surface area contributed by atoms with Crippen molar-refractivity contribution in [3.8, 4) is 0 Å². The van der Waals surface area contributed by atoms with Gasteiger partial charge in [0.05, 0.1) is 0 Å². The van der Waals surface area contributed by atoms with E-state index in [1.54, 1.807) is 0 Å². The summed E-state index contributed by atoms with van der Waals surface area (Å²) < 4.78 is 1.34. The van der Waals surface area contributed by atoms with Crippen molar-refractivity contribution in [1.29, 1.82) is 0 Å². The molecular weight excluding hydrogens is 234 g/mol. The van der Waals surface area contributed by atoms with Crippen LogP contribution < -0.4 is 5.32 Å². The van der Waals surface area contributed by atoms with Gasteiger partial charge in [-0.05, 0) is 17.4 Å². The lowest BCUT2D eigenvalue weighted by atomic mass is 10.3. The molecule has 0 fully saturated rings. The normalized spacial score (nSPS) is 18.9. The van der Waals surface area contributed by atoms with E-state index in [1.807, 2.05) is 0 Å². The molecule has 0 aromatic carbocycles. The van der Waals surface area contributed by atoms with Crippen LogP contribution in [0.25, 0.3) is 0 Å². The highest BCUT2D eigenvalue weighted by atomic mass is 79.9. The lowest BCUT2D eigenvalue weighted by Crippen LogP contribution is -2.18. The van der Waals surface area contributed by atoms with E-state index < -0.39 is 0 Å². The molecule has 0 aromatic rings. The quantitative estimate of drug-likeness (QED) is 0.684. The van der Waals surface area contributed by atoms with Gasteiger partial charge in [-0.2, -0.15) is 0 Å². The molecular formula is C5H9Br2N. The van der Waals surface area contributed by atoms with Gasteiger partial charge in [-0.15, -0.1) is 17.0 Å². The molecule has 0 amide bonds. The zero-order chi connectivity index (χ0) is 5.11. The van der Waals surface area contributed by atoms with E-state index in [4.69, 9.17) is 0 Å². The highest BCUT2D eigenvalue weighted by Gasteiger charge is 1.95. The summed E-state index contributed by atoms with van der Waals surface area (Å²) in [6.07, 6.45) is 3.31. The van der Waals surface area contributed by atoms with Gasteiger partial charge in [0.1, 0.15) is 0 Å². The highest BCUT2D eigenvalue weighted by Crippen LogP contribution is 2.10. The number of hydrogen-bond donors (Lipinski definition) is 1. The minimum absolute atomic E-state index is 0. The van der Waals surface area contributed by atoms with Crippen LogP contribution in [0.2, 0.25) is 0 Å². The minimum atomic E-state index is 0. The second-order valence-electron chi connectivity index (χ2n) is 1.61. The summed E-state index contributed by atoms with van der Waals surface area (Å²) in [5, 5.41) is 3.21. The molecule has 0 bridgehead atoms. The standard InChI is InChI=1S/C5H8BrN.BrH/c6-5-1-3-7-4-2-5;/h1,7H,2-4H2;1H. The van der Waals surface area contributed by atoms with Crippen molar-refractivity contribution in [2.24, 2.45) is 0 Å². The first-order valence-electron chi connectivity index (χ1n) is 2.45. The fourth-order valence-electron chi connectivity index (χ4n) is 0.595. The van der Waals surface area contributed by atoms with Gasteiger partial charge in [0.2, 0.25) is 0 Å². The summed E-state index contributed by atoms with van der Waals surface area (Å²) in [5.74, 6) is 0. The number of nitrogens with one attached hydrogen (secondary N) is 1. The molecule has 1 aliphatic rings. The fraction of sp³-hybridized carbons (Fsp3) is 0.600. The van der Waals surface area contributed by atoms with Gasteiger partial charge in [0.15, 0.2) is 0 Å². The number of rotatable bonds is 0. The Morgan fingerprint density at radius 2 is 2.38 bits per heavy atom. The molecule has 0 radical (unpaired) electrons. The molecule has 0 spiro atoms. The molecule has 1 rings (SSSR count). The number of halogens is 2. The second-order valence-corrected chi connectivity index (χ2v) is 2.62. The van der Waals surface area contributed by atoms with Crippen molar-refractivity contribution in [3.05, 3.63) is 10.6 Å². The first-order valence-corrected chi connectivity index (χ1v) is 3.24. The smallest absolute Gasteiger partial charge is 0.0145 e. The molecule has 1 aliphatic heterocycles. The van der Waals surface area contributed by atoms with Crippen LogP contribution in [0, 0.1) is 0 Å². The van der Waals surface area contributed by atoms with Crippen LogP contribution in [0.3, 0.4) is 0 Å². The molecule has 0 saturated heterocycles. The molecule has 0 saturated carbocycles. The number of hydrogen-bond acceptors (Lipinski definition) is 1. The monoisotopic (exact) mass is 241 g/mol. The van der Waals surface area contributed by atoms with E-state index in [0.717, 1.165) is 19.5 Å². The van der Waals surface area contributed by atoms with Gasteiger partial charge in [0, 0.05) is 6.54 Å². The van der Waals surface area contributed by atoms with Crippen molar-refractivity contribution in [2.45, 2.75) is 6.42 Å². The maximum atomic E-state index is 3.41. The average Bonchev–Trinajstić information content (AvgIpc) is 1.69. The van der Waals surface area contributed by atoms with E-state index in [9.17, 15) is 0 Å². The maximum Gasteiger partial charge on any atom is 0.0145 e. The van der Waals surface area contributed by atoms with Gasteiger partial charge in [-0.1, -0.05) is 22.0 Å². The zero-order valence-corrected chi connectivity index (χ0v) is 7.78. The molecule has 1 heterocycles. The SMILES string of the molecule is Br.BrC1=CCNCC1. The molecule has 1 N–H and O–H groups in total. The van der Waals surface area contributed by atoms with E-state index >= 15 is 0 Å². The van der Waals surface area contributed by atoms with Crippen LogP contribution in [0.5, 0.6) is 0 Å². The van der Waals surface area contributed by atoms with Gasteiger partial charge in [-0.3, -0.25) is 0 Å². The predicted molar refractivity (Wildman–Crippen MR) is 44.8 cm³/mol.